The zero-order valence-corrected chi connectivity index (χ0v) is 11.7. The van der Waals surface area contributed by atoms with Gasteiger partial charge >= 0.3 is 0 Å². The number of rotatable bonds is 5. The Hall–Kier alpha value is -1.81. The van der Waals surface area contributed by atoms with E-state index >= 15 is 0 Å². The molecule has 0 aliphatic heterocycles. The van der Waals surface area contributed by atoms with Crippen molar-refractivity contribution in [1.82, 2.24) is 9.55 Å². The largest absolute Gasteiger partial charge is 0.380 e. The Kier molecular flexibility index (Phi) is 4.22. The number of aliphatic hydroxyl groups excluding tert-OH is 1. The summed E-state index contributed by atoms with van der Waals surface area (Å²) in [5.74, 6) is 0.663. The molecule has 2 rings (SSSR count). The van der Waals surface area contributed by atoms with Crippen LogP contribution < -0.4 is 4.90 Å². The highest BCUT2D eigenvalue weighted by molar-refractivity contribution is 5.48. The van der Waals surface area contributed by atoms with Gasteiger partial charge in [-0.05, 0) is 31.5 Å². The zero-order chi connectivity index (χ0) is 13.8. The van der Waals surface area contributed by atoms with Gasteiger partial charge in [0, 0.05) is 38.2 Å². The Morgan fingerprint density at radius 2 is 1.84 bits per heavy atom. The third-order valence-corrected chi connectivity index (χ3v) is 3.44. The van der Waals surface area contributed by atoms with Crippen LogP contribution >= 0.6 is 0 Å². The molecule has 1 atom stereocenters. The van der Waals surface area contributed by atoms with Crippen molar-refractivity contribution in [2.45, 2.75) is 20.0 Å². The number of imidazole rings is 1. The van der Waals surface area contributed by atoms with E-state index in [1.807, 2.05) is 29.9 Å². The summed E-state index contributed by atoms with van der Waals surface area (Å²) in [6.45, 7) is 6.25. The quantitative estimate of drug-likeness (QED) is 0.896. The molecule has 1 heterocycles. The number of hydrogen-bond donors (Lipinski definition) is 1. The van der Waals surface area contributed by atoms with Crippen LogP contribution in [-0.4, -0.2) is 27.7 Å². The summed E-state index contributed by atoms with van der Waals surface area (Å²) in [6, 6.07) is 8.03. The summed E-state index contributed by atoms with van der Waals surface area (Å²) in [5, 5.41) is 10.3. The lowest BCUT2D eigenvalue weighted by atomic mass is 10.1. The van der Waals surface area contributed by atoms with Gasteiger partial charge in [-0.25, -0.2) is 4.98 Å². The lowest BCUT2D eigenvalue weighted by molar-refractivity contribution is 0.206. The first-order chi connectivity index (χ1) is 9.17. The lowest BCUT2D eigenvalue weighted by Gasteiger charge is -2.21. The number of anilines is 1. The maximum atomic E-state index is 10.3. The van der Waals surface area contributed by atoms with Crippen LogP contribution in [0.25, 0.3) is 0 Å². The first kappa shape index (κ1) is 13.6. The molecule has 1 aromatic heterocycles. The van der Waals surface area contributed by atoms with Crippen molar-refractivity contribution in [2.75, 3.05) is 18.0 Å². The number of aromatic nitrogens is 2. The van der Waals surface area contributed by atoms with Gasteiger partial charge in [-0.3, -0.25) is 0 Å². The summed E-state index contributed by atoms with van der Waals surface area (Å²) in [4.78, 5) is 6.46. The van der Waals surface area contributed by atoms with Crippen molar-refractivity contribution in [1.29, 1.82) is 0 Å². The molecule has 0 amide bonds. The molecule has 1 aromatic carbocycles. The molecule has 0 fully saturated rings. The van der Waals surface area contributed by atoms with E-state index in [1.54, 1.807) is 6.20 Å². The Balaban J connectivity index is 2.21. The molecule has 0 radical (unpaired) electrons. The first-order valence-electron chi connectivity index (χ1n) is 6.67. The first-order valence-corrected chi connectivity index (χ1v) is 6.67. The summed E-state index contributed by atoms with van der Waals surface area (Å²) in [5.41, 5.74) is 2.05. The van der Waals surface area contributed by atoms with Crippen LogP contribution in [-0.2, 0) is 7.05 Å². The van der Waals surface area contributed by atoms with E-state index in [0.717, 1.165) is 18.7 Å². The second-order valence-corrected chi connectivity index (χ2v) is 4.56. The van der Waals surface area contributed by atoms with E-state index in [-0.39, 0.29) is 0 Å². The van der Waals surface area contributed by atoms with Gasteiger partial charge in [0.25, 0.3) is 0 Å². The monoisotopic (exact) mass is 259 g/mol. The average Bonchev–Trinajstić information content (AvgIpc) is 2.86. The molecule has 1 N–H and O–H groups in total. The fraction of sp³-hybridized carbons (Fsp3) is 0.400. The van der Waals surface area contributed by atoms with Crippen LogP contribution in [0.1, 0.15) is 31.3 Å². The van der Waals surface area contributed by atoms with Gasteiger partial charge in [0.2, 0.25) is 0 Å². The molecule has 1 unspecified atom stereocenters. The molecule has 0 aliphatic rings. The molecule has 19 heavy (non-hydrogen) atoms. The van der Waals surface area contributed by atoms with E-state index in [0.29, 0.717) is 5.82 Å². The summed E-state index contributed by atoms with van der Waals surface area (Å²) in [7, 11) is 1.88. The highest BCUT2D eigenvalue weighted by Gasteiger charge is 2.14. The van der Waals surface area contributed by atoms with Gasteiger partial charge in [0.15, 0.2) is 0 Å². The number of benzene rings is 1. The fourth-order valence-corrected chi connectivity index (χ4v) is 2.25. The predicted octanol–water partition coefficient (Wildman–Crippen LogP) is 2.35. The number of hydrogen-bond acceptors (Lipinski definition) is 3. The fourth-order valence-electron chi connectivity index (χ4n) is 2.25. The minimum Gasteiger partial charge on any atom is -0.380 e. The smallest absolute Gasteiger partial charge is 0.142 e. The van der Waals surface area contributed by atoms with E-state index in [1.165, 1.54) is 5.69 Å². The van der Waals surface area contributed by atoms with Crippen LogP contribution in [0.4, 0.5) is 5.69 Å². The third-order valence-electron chi connectivity index (χ3n) is 3.44. The normalized spacial score (nSPS) is 12.4. The van der Waals surface area contributed by atoms with Gasteiger partial charge in [-0.15, -0.1) is 0 Å². The minimum absolute atomic E-state index is 0.663. The topological polar surface area (TPSA) is 41.3 Å². The summed E-state index contributed by atoms with van der Waals surface area (Å²) < 4.78 is 1.84. The Bertz CT molecular complexity index is 514. The molecular formula is C15H21N3O. The second kappa shape index (κ2) is 5.89. The van der Waals surface area contributed by atoms with Crippen LogP contribution in [0.15, 0.2) is 36.7 Å². The zero-order valence-electron chi connectivity index (χ0n) is 11.7. The molecule has 0 saturated heterocycles. The third kappa shape index (κ3) is 2.79. The van der Waals surface area contributed by atoms with Gasteiger partial charge < -0.3 is 14.6 Å². The minimum atomic E-state index is -0.675. The number of aliphatic hydroxyl groups is 1. The Labute approximate surface area is 114 Å². The molecule has 102 valence electrons. The van der Waals surface area contributed by atoms with Crippen LogP contribution in [0.2, 0.25) is 0 Å². The van der Waals surface area contributed by atoms with Crippen LogP contribution in [0.5, 0.6) is 0 Å². The van der Waals surface area contributed by atoms with Gasteiger partial charge in [0.1, 0.15) is 11.9 Å². The van der Waals surface area contributed by atoms with Crippen molar-refractivity contribution >= 4 is 5.69 Å². The van der Waals surface area contributed by atoms with Crippen molar-refractivity contribution < 1.29 is 5.11 Å². The molecule has 0 saturated carbocycles. The number of aryl methyl sites for hydroxylation is 1. The van der Waals surface area contributed by atoms with E-state index < -0.39 is 6.10 Å². The molecule has 4 nitrogen and oxygen atoms in total. The van der Waals surface area contributed by atoms with Crippen molar-refractivity contribution in [3.05, 3.63) is 48.0 Å². The molecule has 2 aromatic rings. The molecular weight excluding hydrogens is 238 g/mol. The van der Waals surface area contributed by atoms with E-state index in [2.05, 4.69) is 35.9 Å². The van der Waals surface area contributed by atoms with Gasteiger partial charge in [-0.1, -0.05) is 12.1 Å². The van der Waals surface area contributed by atoms with Crippen LogP contribution in [0, 0.1) is 0 Å². The maximum absolute atomic E-state index is 10.3. The predicted molar refractivity (Wildman–Crippen MR) is 77.3 cm³/mol. The summed E-state index contributed by atoms with van der Waals surface area (Å²) >= 11 is 0. The van der Waals surface area contributed by atoms with Gasteiger partial charge in [0.05, 0.1) is 0 Å². The number of nitrogens with zero attached hydrogens (tertiary/aromatic N) is 3. The second-order valence-electron chi connectivity index (χ2n) is 4.56. The SMILES string of the molecule is CCN(CC)c1ccc(C(O)c2nccn2C)cc1. The van der Waals surface area contributed by atoms with Crippen LogP contribution in [0.3, 0.4) is 0 Å². The highest BCUT2D eigenvalue weighted by Crippen LogP contribution is 2.23. The molecule has 4 heteroatoms. The van der Waals surface area contributed by atoms with Gasteiger partial charge in [-0.2, -0.15) is 0 Å². The van der Waals surface area contributed by atoms with Crippen molar-refractivity contribution in [2.24, 2.45) is 7.05 Å². The Morgan fingerprint density at radius 1 is 1.21 bits per heavy atom. The maximum Gasteiger partial charge on any atom is 0.142 e. The standard InChI is InChI=1S/C15H21N3O/c1-4-18(5-2)13-8-6-12(7-9-13)14(19)15-16-10-11-17(15)3/h6-11,14,19H,4-5H2,1-3H3. The highest BCUT2D eigenvalue weighted by atomic mass is 16.3. The van der Waals surface area contributed by atoms with E-state index in [4.69, 9.17) is 0 Å². The average molecular weight is 259 g/mol. The summed E-state index contributed by atoms with van der Waals surface area (Å²) in [6.07, 6.45) is 2.86. The van der Waals surface area contributed by atoms with Crippen molar-refractivity contribution in [3.63, 3.8) is 0 Å². The molecule has 0 spiro atoms. The van der Waals surface area contributed by atoms with Crippen molar-refractivity contribution in [3.8, 4) is 0 Å². The lowest BCUT2D eigenvalue weighted by Crippen LogP contribution is -2.21. The Morgan fingerprint density at radius 3 is 2.32 bits per heavy atom. The molecule has 0 bridgehead atoms. The van der Waals surface area contributed by atoms with E-state index in [9.17, 15) is 5.11 Å². The molecule has 0 aliphatic carbocycles.